The largest absolute Gasteiger partial charge is 0.378 e. The zero-order valence-electron chi connectivity index (χ0n) is 10.2. The Kier molecular flexibility index (Phi) is 3.23. The molecule has 1 aromatic carbocycles. The molecule has 0 saturated carbocycles. The zero-order valence-corrected chi connectivity index (χ0v) is 10.2. The molecule has 0 aliphatic carbocycles. The van der Waals surface area contributed by atoms with Crippen LogP contribution in [0.2, 0.25) is 0 Å². The third-order valence-corrected chi connectivity index (χ3v) is 2.91. The van der Waals surface area contributed by atoms with Crippen LogP contribution in [0, 0.1) is 11.3 Å². The molecule has 2 heterocycles. The van der Waals surface area contributed by atoms with Crippen LogP contribution in [0.4, 0.5) is 0 Å². The third-order valence-electron chi connectivity index (χ3n) is 2.91. The summed E-state index contributed by atoms with van der Waals surface area (Å²) in [6.07, 6.45) is 0. The maximum Gasteiger partial charge on any atom is 0.246 e. The molecule has 1 saturated heterocycles. The number of nitrogens with one attached hydrogen (secondary N) is 1. The molecule has 19 heavy (non-hydrogen) atoms. The van der Waals surface area contributed by atoms with Crippen molar-refractivity contribution in [2.45, 2.75) is 6.04 Å². The van der Waals surface area contributed by atoms with Gasteiger partial charge in [0.15, 0.2) is 0 Å². The molecule has 1 fully saturated rings. The molecule has 2 aromatic rings. The van der Waals surface area contributed by atoms with Gasteiger partial charge in [-0.2, -0.15) is 10.2 Å². The molecule has 3 rings (SSSR count). The standard InChI is InChI=1S/C13H12N4O2/c14-7-9-2-1-3-10(6-9)12-16-13(19-17-12)11-8-18-5-4-15-11/h1-3,6,11,15H,4-5,8H2. The highest BCUT2D eigenvalue weighted by Crippen LogP contribution is 2.20. The molecule has 0 radical (unpaired) electrons. The fraction of sp³-hybridized carbons (Fsp3) is 0.308. The van der Waals surface area contributed by atoms with Crippen molar-refractivity contribution in [3.63, 3.8) is 0 Å². The lowest BCUT2D eigenvalue weighted by Gasteiger charge is -2.20. The number of aromatic nitrogens is 2. The van der Waals surface area contributed by atoms with Crippen molar-refractivity contribution >= 4 is 0 Å². The van der Waals surface area contributed by atoms with E-state index < -0.39 is 0 Å². The summed E-state index contributed by atoms with van der Waals surface area (Å²) in [6, 6.07) is 9.15. The number of rotatable bonds is 2. The highest BCUT2D eigenvalue weighted by atomic mass is 16.5. The first-order valence-electron chi connectivity index (χ1n) is 6.02. The monoisotopic (exact) mass is 256 g/mol. The minimum Gasteiger partial charge on any atom is -0.378 e. The lowest BCUT2D eigenvalue weighted by molar-refractivity contribution is 0.0659. The van der Waals surface area contributed by atoms with E-state index in [-0.39, 0.29) is 6.04 Å². The van der Waals surface area contributed by atoms with Gasteiger partial charge in [-0.05, 0) is 12.1 Å². The van der Waals surface area contributed by atoms with Crippen molar-refractivity contribution in [3.8, 4) is 17.5 Å². The smallest absolute Gasteiger partial charge is 0.246 e. The quantitative estimate of drug-likeness (QED) is 0.871. The number of morpholine rings is 1. The zero-order chi connectivity index (χ0) is 13.1. The molecule has 6 heteroatoms. The molecule has 6 nitrogen and oxygen atoms in total. The van der Waals surface area contributed by atoms with Gasteiger partial charge in [0.1, 0.15) is 6.04 Å². The Balaban J connectivity index is 1.86. The van der Waals surface area contributed by atoms with Crippen molar-refractivity contribution in [2.24, 2.45) is 0 Å². The Hall–Kier alpha value is -2.23. The van der Waals surface area contributed by atoms with Crippen LogP contribution in [0.5, 0.6) is 0 Å². The molecule has 1 aliphatic heterocycles. The van der Waals surface area contributed by atoms with Crippen molar-refractivity contribution in [1.82, 2.24) is 15.5 Å². The van der Waals surface area contributed by atoms with E-state index in [2.05, 4.69) is 21.5 Å². The predicted octanol–water partition coefficient (Wildman–Crippen LogP) is 1.27. The Labute approximate surface area is 110 Å². The second kappa shape index (κ2) is 5.18. The SMILES string of the molecule is N#Cc1cccc(-c2noc(C3COCCN3)n2)c1. The van der Waals surface area contributed by atoms with Gasteiger partial charge in [0.25, 0.3) is 0 Å². The molecule has 1 unspecified atom stereocenters. The number of ether oxygens (including phenoxy) is 1. The first kappa shape index (κ1) is 11.8. The maximum absolute atomic E-state index is 8.88. The topological polar surface area (TPSA) is 84.0 Å². The number of benzene rings is 1. The molecule has 1 N–H and O–H groups in total. The summed E-state index contributed by atoms with van der Waals surface area (Å²) in [4.78, 5) is 4.35. The van der Waals surface area contributed by atoms with E-state index in [9.17, 15) is 0 Å². The maximum atomic E-state index is 8.88. The van der Waals surface area contributed by atoms with Crippen molar-refractivity contribution in [3.05, 3.63) is 35.7 Å². The molecule has 0 spiro atoms. The van der Waals surface area contributed by atoms with E-state index in [4.69, 9.17) is 14.5 Å². The van der Waals surface area contributed by atoms with E-state index in [1.807, 2.05) is 6.07 Å². The minimum absolute atomic E-state index is 0.0610. The first-order valence-corrected chi connectivity index (χ1v) is 6.02. The number of hydrogen-bond donors (Lipinski definition) is 1. The Morgan fingerprint density at radius 2 is 2.37 bits per heavy atom. The van der Waals surface area contributed by atoms with Crippen LogP contribution in [0.25, 0.3) is 11.4 Å². The van der Waals surface area contributed by atoms with Crippen molar-refractivity contribution < 1.29 is 9.26 Å². The van der Waals surface area contributed by atoms with Gasteiger partial charge in [-0.1, -0.05) is 17.3 Å². The van der Waals surface area contributed by atoms with Crippen LogP contribution in [0.3, 0.4) is 0 Å². The molecule has 96 valence electrons. The summed E-state index contributed by atoms with van der Waals surface area (Å²) in [6.45, 7) is 1.99. The van der Waals surface area contributed by atoms with Gasteiger partial charge in [-0.25, -0.2) is 0 Å². The summed E-state index contributed by atoms with van der Waals surface area (Å²) in [5.74, 6) is 0.997. The van der Waals surface area contributed by atoms with E-state index in [0.29, 0.717) is 30.5 Å². The molecule has 1 aliphatic rings. The van der Waals surface area contributed by atoms with Gasteiger partial charge in [-0.15, -0.1) is 0 Å². The van der Waals surface area contributed by atoms with E-state index in [1.54, 1.807) is 18.2 Å². The molecular formula is C13H12N4O2. The molecule has 1 atom stereocenters. The van der Waals surface area contributed by atoms with Crippen LogP contribution >= 0.6 is 0 Å². The fourth-order valence-electron chi connectivity index (χ4n) is 1.95. The summed E-state index contributed by atoms with van der Waals surface area (Å²) >= 11 is 0. The van der Waals surface area contributed by atoms with Gasteiger partial charge in [0.2, 0.25) is 11.7 Å². The van der Waals surface area contributed by atoms with Crippen LogP contribution in [0.1, 0.15) is 17.5 Å². The third kappa shape index (κ3) is 2.47. The second-order valence-corrected chi connectivity index (χ2v) is 4.23. The van der Waals surface area contributed by atoms with Crippen LogP contribution in [-0.2, 0) is 4.74 Å². The molecule has 0 bridgehead atoms. The summed E-state index contributed by atoms with van der Waals surface area (Å²) in [5, 5.41) is 16.1. The minimum atomic E-state index is -0.0610. The first-order chi connectivity index (χ1) is 9.36. The lowest BCUT2D eigenvalue weighted by atomic mass is 10.1. The number of nitriles is 1. The molecular weight excluding hydrogens is 244 g/mol. The van der Waals surface area contributed by atoms with Crippen LogP contribution in [0.15, 0.2) is 28.8 Å². The van der Waals surface area contributed by atoms with Gasteiger partial charge in [0, 0.05) is 12.1 Å². The number of hydrogen-bond acceptors (Lipinski definition) is 6. The summed E-state index contributed by atoms with van der Waals surface area (Å²) in [5.41, 5.74) is 1.34. The van der Waals surface area contributed by atoms with Gasteiger partial charge < -0.3 is 14.6 Å². The van der Waals surface area contributed by atoms with E-state index in [0.717, 1.165) is 12.1 Å². The van der Waals surface area contributed by atoms with E-state index >= 15 is 0 Å². The Bertz CT molecular complexity index is 611. The summed E-state index contributed by atoms with van der Waals surface area (Å²) in [7, 11) is 0. The van der Waals surface area contributed by atoms with Gasteiger partial charge >= 0.3 is 0 Å². The fourth-order valence-corrected chi connectivity index (χ4v) is 1.95. The Morgan fingerprint density at radius 3 is 3.16 bits per heavy atom. The van der Waals surface area contributed by atoms with Crippen molar-refractivity contribution in [1.29, 1.82) is 5.26 Å². The Morgan fingerprint density at radius 1 is 1.42 bits per heavy atom. The molecule has 1 aromatic heterocycles. The van der Waals surface area contributed by atoms with Crippen molar-refractivity contribution in [2.75, 3.05) is 19.8 Å². The van der Waals surface area contributed by atoms with Crippen LogP contribution < -0.4 is 5.32 Å². The van der Waals surface area contributed by atoms with Gasteiger partial charge in [0.05, 0.1) is 24.8 Å². The second-order valence-electron chi connectivity index (χ2n) is 4.23. The molecule has 0 amide bonds. The summed E-state index contributed by atoms with van der Waals surface area (Å²) < 4.78 is 10.6. The van der Waals surface area contributed by atoms with Gasteiger partial charge in [-0.3, -0.25) is 0 Å². The normalized spacial score (nSPS) is 19.0. The highest BCUT2D eigenvalue weighted by Gasteiger charge is 2.21. The number of nitrogens with zero attached hydrogens (tertiary/aromatic N) is 3. The highest BCUT2D eigenvalue weighted by molar-refractivity contribution is 5.57. The lowest BCUT2D eigenvalue weighted by Crippen LogP contribution is -2.34. The van der Waals surface area contributed by atoms with E-state index in [1.165, 1.54) is 0 Å². The average molecular weight is 256 g/mol. The average Bonchev–Trinajstić information content (AvgIpc) is 2.98. The predicted molar refractivity (Wildman–Crippen MR) is 66.0 cm³/mol. The van der Waals surface area contributed by atoms with Crippen LogP contribution in [-0.4, -0.2) is 29.9 Å².